The molecule has 0 saturated carbocycles. The van der Waals surface area contributed by atoms with Crippen LogP contribution in [-0.2, 0) is 0 Å². The predicted molar refractivity (Wildman–Crippen MR) is 62.4 cm³/mol. The lowest BCUT2D eigenvalue weighted by Crippen LogP contribution is -2.53. The first-order valence-corrected chi connectivity index (χ1v) is 6.11. The molecule has 0 atom stereocenters. The molecule has 0 aromatic carbocycles. The zero-order chi connectivity index (χ0) is 17.0. The molecule has 1 aromatic rings. The highest BCUT2D eigenvalue weighted by Crippen LogP contribution is 2.49. The van der Waals surface area contributed by atoms with Gasteiger partial charge in [0, 0.05) is 18.5 Å². The molecule has 10 heteroatoms. The van der Waals surface area contributed by atoms with Crippen molar-refractivity contribution in [3.05, 3.63) is 28.7 Å². The topological polar surface area (TPSA) is 42.1 Å². The van der Waals surface area contributed by atoms with E-state index in [0.29, 0.717) is 0 Å². The second-order valence-electron chi connectivity index (χ2n) is 4.48. The number of halogens is 7. The van der Waals surface area contributed by atoms with E-state index in [1.165, 1.54) is 12.4 Å². The molecule has 0 amide bonds. The van der Waals surface area contributed by atoms with Gasteiger partial charge in [-0.25, -0.2) is 4.39 Å². The minimum Gasteiger partial charge on any atom is -0.488 e. The quantitative estimate of drug-likeness (QED) is 0.635. The van der Waals surface area contributed by atoms with E-state index in [9.17, 15) is 35.5 Å². The Labute approximate surface area is 120 Å². The summed E-state index contributed by atoms with van der Waals surface area (Å²) >= 11 is 0. The molecule has 0 saturated heterocycles. The van der Waals surface area contributed by atoms with Crippen LogP contribution in [0.3, 0.4) is 0 Å². The molecular weight excluding hydrogens is 323 g/mol. The molecule has 126 valence electrons. The van der Waals surface area contributed by atoms with Gasteiger partial charge in [-0.05, 0) is 19.3 Å². The number of pyridine rings is 1. The van der Waals surface area contributed by atoms with Crippen molar-refractivity contribution in [1.29, 1.82) is 0 Å². The van der Waals surface area contributed by atoms with Gasteiger partial charge in [0.2, 0.25) is 5.43 Å². The third-order valence-electron chi connectivity index (χ3n) is 2.86. The minimum atomic E-state index is -6.04. The van der Waals surface area contributed by atoms with Crippen molar-refractivity contribution in [2.45, 2.75) is 37.3 Å². The summed E-state index contributed by atoms with van der Waals surface area (Å²) in [5, 5.41) is 0. The van der Waals surface area contributed by atoms with Crippen LogP contribution in [0.2, 0.25) is 0 Å². The monoisotopic (exact) mass is 335 g/mol. The van der Waals surface area contributed by atoms with Crippen molar-refractivity contribution in [2.24, 2.45) is 0 Å². The highest BCUT2D eigenvalue weighted by Gasteiger charge is 2.71. The number of aromatic amines is 1. The van der Waals surface area contributed by atoms with E-state index < -0.39 is 36.3 Å². The van der Waals surface area contributed by atoms with Crippen LogP contribution in [0.4, 0.5) is 30.7 Å². The maximum atomic E-state index is 13.3. The summed E-state index contributed by atoms with van der Waals surface area (Å²) in [5.74, 6) is -0.124. The number of unbranched alkanes of at least 4 members (excludes halogenated alkanes) is 1. The van der Waals surface area contributed by atoms with E-state index in [0.717, 1.165) is 6.07 Å². The van der Waals surface area contributed by atoms with Gasteiger partial charge in [-0.3, -0.25) is 4.79 Å². The van der Waals surface area contributed by atoms with Crippen molar-refractivity contribution in [1.82, 2.24) is 4.98 Å². The van der Waals surface area contributed by atoms with Crippen molar-refractivity contribution >= 4 is 0 Å². The fraction of sp³-hybridized carbons (Fsp3) is 0.583. The fourth-order valence-electron chi connectivity index (χ4n) is 1.61. The van der Waals surface area contributed by atoms with Crippen LogP contribution in [0, 0.1) is 0 Å². The van der Waals surface area contributed by atoms with E-state index >= 15 is 0 Å². The van der Waals surface area contributed by atoms with E-state index in [-0.39, 0.29) is 18.8 Å². The van der Waals surface area contributed by atoms with Crippen LogP contribution >= 0.6 is 0 Å². The van der Waals surface area contributed by atoms with Gasteiger partial charge < -0.3 is 9.72 Å². The molecule has 1 aromatic heterocycles. The molecule has 0 fully saturated rings. The molecule has 1 rings (SSSR count). The van der Waals surface area contributed by atoms with E-state index in [2.05, 4.69) is 4.98 Å². The van der Waals surface area contributed by atoms with Gasteiger partial charge in [-0.1, -0.05) is 0 Å². The van der Waals surface area contributed by atoms with Crippen molar-refractivity contribution < 1.29 is 35.5 Å². The average Bonchev–Trinajstić information content (AvgIpc) is 2.37. The number of hydrogen-bond acceptors (Lipinski definition) is 2. The van der Waals surface area contributed by atoms with Crippen LogP contribution in [0.5, 0.6) is 5.75 Å². The van der Waals surface area contributed by atoms with Gasteiger partial charge in [0.25, 0.3) is 5.67 Å². The Bertz CT molecular complexity index is 521. The van der Waals surface area contributed by atoms with Crippen LogP contribution in [0.15, 0.2) is 23.3 Å². The summed E-state index contributed by atoms with van der Waals surface area (Å²) in [4.78, 5) is 13.7. The first kappa shape index (κ1) is 18.3. The lowest BCUT2D eigenvalue weighted by molar-refractivity contribution is -0.343. The molecule has 0 bridgehead atoms. The summed E-state index contributed by atoms with van der Waals surface area (Å²) in [5.41, 5.74) is -5.74. The fourth-order valence-corrected chi connectivity index (χ4v) is 1.61. The summed E-state index contributed by atoms with van der Waals surface area (Å²) in [7, 11) is 0. The van der Waals surface area contributed by atoms with E-state index in [1.807, 2.05) is 0 Å². The molecule has 0 aliphatic rings. The Hall–Kier alpha value is -1.74. The van der Waals surface area contributed by atoms with Crippen molar-refractivity contribution in [3.8, 4) is 5.75 Å². The number of ether oxygens (including phenoxy) is 1. The first-order valence-electron chi connectivity index (χ1n) is 6.11. The zero-order valence-corrected chi connectivity index (χ0v) is 11.0. The molecule has 0 aliphatic heterocycles. The molecule has 0 aliphatic carbocycles. The average molecular weight is 335 g/mol. The first-order chi connectivity index (χ1) is 9.99. The number of alkyl halides is 7. The van der Waals surface area contributed by atoms with Gasteiger partial charge in [0.05, 0.1) is 6.61 Å². The summed E-state index contributed by atoms with van der Waals surface area (Å²) in [6.07, 6.45) is -12.3. The van der Waals surface area contributed by atoms with Gasteiger partial charge in [0.1, 0.15) is 0 Å². The minimum absolute atomic E-state index is 0.124. The molecule has 1 N–H and O–H groups in total. The predicted octanol–water partition coefficient (Wildman–Crippen LogP) is 3.76. The molecule has 0 spiro atoms. The lowest BCUT2D eigenvalue weighted by atomic mass is 9.97. The molecule has 0 unspecified atom stereocenters. The van der Waals surface area contributed by atoms with Gasteiger partial charge in [-0.2, -0.15) is 26.3 Å². The normalized spacial score (nSPS) is 13.2. The van der Waals surface area contributed by atoms with Crippen molar-refractivity contribution in [2.75, 3.05) is 6.61 Å². The van der Waals surface area contributed by atoms with Gasteiger partial charge in [0.15, 0.2) is 5.75 Å². The van der Waals surface area contributed by atoms with Crippen molar-refractivity contribution in [3.63, 3.8) is 0 Å². The molecule has 3 nitrogen and oxygen atoms in total. The second kappa shape index (κ2) is 6.57. The summed E-state index contributed by atoms with van der Waals surface area (Å²) in [6.45, 7) is -0.307. The third kappa shape index (κ3) is 4.14. The zero-order valence-electron chi connectivity index (χ0n) is 11.0. The Kier molecular flexibility index (Phi) is 5.47. The maximum Gasteiger partial charge on any atom is 0.431 e. The third-order valence-corrected chi connectivity index (χ3v) is 2.86. The smallest absolute Gasteiger partial charge is 0.431 e. The summed E-state index contributed by atoms with van der Waals surface area (Å²) < 4.78 is 91.7. The SMILES string of the molecule is O=c1cc[nH]cc1OCCCCC(F)(C(F)(F)F)C(F)(F)F. The van der Waals surface area contributed by atoms with Crippen LogP contribution in [0.1, 0.15) is 19.3 Å². The number of aromatic nitrogens is 1. The van der Waals surface area contributed by atoms with Crippen LogP contribution in [0.25, 0.3) is 0 Å². The van der Waals surface area contributed by atoms with E-state index in [1.54, 1.807) is 0 Å². The molecule has 1 heterocycles. The van der Waals surface area contributed by atoms with Crippen LogP contribution in [-0.4, -0.2) is 29.6 Å². The van der Waals surface area contributed by atoms with Crippen LogP contribution < -0.4 is 10.2 Å². The Morgan fingerprint density at radius 3 is 2.09 bits per heavy atom. The molecule has 0 radical (unpaired) electrons. The number of nitrogens with one attached hydrogen (secondary N) is 1. The number of hydrogen-bond donors (Lipinski definition) is 1. The highest BCUT2D eigenvalue weighted by atomic mass is 19.4. The lowest BCUT2D eigenvalue weighted by Gasteiger charge is -2.29. The maximum absolute atomic E-state index is 13.3. The van der Waals surface area contributed by atoms with Gasteiger partial charge in [-0.15, -0.1) is 0 Å². The Morgan fingerprint density at radius 2 is 1.59 bits per heavy atom. The standard InChI is InChI=1S/C12H12F7NO2/c13-10(11(14,15)16,12(17,18)19)4-1-2-6-22-9-7-20-5-3-8(9)21/h3,5,7H,1-2,4,6H2,(H,20,21). The number of H-pyrrole nitrogens is 1. The second-order valence-corrected chi connectivity index (χ2v) is 4.48. The Morgan fingerprint density at radius 1 is 1.00 bits per heavy atom. The highest BCUT2D eigenvalue weighted by molar-refractivity contribution is 5.15. The van der Waals surface area contributed by atoms with Gasteiger partial charge >= 0.3 is 12.4 Å². The number of rotatable bonds is 6. The van der Waals surface area contributed by atoms with E-state index in [4.69, 9.17) is 4.74 Å². The molecule has 22 heavy (non-hydrogen) atoms. The summed E-state index contributed by atoms with van der Waals surface area (Å²) in [6, 6.07) is 1.13. The largest absolute Gasteiger partial charge is 0.488 e. The Balaban J connectivity index is 2.52. The molecular formula is C12H12F7NO2.